The van der Waals surface area contributed by atoms with Crippen molar-refractivity contribution in [1.82, 2.24) is 0 Å². The Morgan fingerprint density at radius 2 is 1.62 bits per heavy atom. The Hall–Kier alpha value is -2.73. The van der Waals surface area contributed by atoms with E-state index in [2.05, 4.69) is 31.2 Å². The maximum atomic E-state index is 14.3. The van der Waals surface area contributed by atoms with E-state index in [1.54, 1.807) is 18.2 Å². The molecule has 0 amide bonds. The van der Waals surface area contributed by atoms with Gasteiger partial charge in [0.15, 0.2) is 5.82 Å². The first-order valence-electron chi connectivity index (χ1n) is 10.5. The fourth-order valence-corrected chi connectivity index (χ4v) is 4.75. The van der Waals surface area contributed by atoms with Crippen LogP contribution >= 0.6 is 0 Å². The zero-order valence-corrected chi connectivity index (χ0v) is 16.7. The summed E-state index contributed by atoms with van der Waals surface area (Å²) in [4.78, 5) is 0. The second kappa shape index (κ2) is 8.33. The molecule has 1 nitrogen and oxygen atoms in total. The molecular weight excluding hydrogens is 364 g/mol. The maximum absolute atomic E-state index is 14.3. The summed E-state index contributed by atoms with van der Waals surface area (Å²) >= 11 is 0. The monoisotopic (exact) mass is 389 g/mol. The lowest BCUT2D eigenvalue weighted by Crippen LogP contribution is -2.13. The Bertz CT molecular complexity index is 1050. The maximum Gasteiger partial charge on any atom is 0.151 e. The molecule has 1 aliphatic rings. The van der Waals surface area contributed by atoms with Crippen molar-refractivity contribution in [3.63, 3.8) is 0 Å². The number of hydrogen-bond acceptors (Lipinski definition) is 1. The molecule has 0 spiro atoms. The van der Waals surface area contributed by atoms with Gasteiger partial charge in [-0.25, -0.2) is 8.78 Å². The van der Waals surface area contributed by atoms with E-state index >= 15 is 0 Å². The summed E-state index contributed by atoms with van der Waals surface area (Å²) < 4.78 is 28.3. The highest BCUT2D eigenvalue weighted by molar-refractivity contribution is 5.89. The second-order valence-electron chi connectivity index (χ2n) is 8.22. The molecule has 0 unspecified atom stereocenters. The number of rotatable bonds is 4. The zero-order chi connectivity index (χ0) is 20.4. The fourth-order valence-electron chi connectivity index (χ4n) is 4.75. The number of nitriles is 1. The predicted molar refractivity (Wildman–Crippen MR) is 114 cm³/mol. The summed E-state index contributed by atoms with van der Waals surface area (Å²) in [6.45, 7) is 2.27. The normalized spacial score (nSPS) is 19.2. The van der Waals surface area contributed by atoms with Crippen molar-refractivity contribution in [1.29, 1.82) is 5.26 Å². The van der Waals surface area contributed by atoms with Crippen LogP contribution in [0.1, 0.15) is 62.5 Å². The molecule has 1 fully saturated rings. The molecule has 1 saturated carbocycles. The van der Waals surface area contributed by atoms with Gasteiger partial charge in [-0.05, 0) is 71.7 Å². The van der Waals surface area contributed by atoms with E-state index in [4.69, 9.17) is 5.26 Å². The van der Waals surface area contributed by atoms with Crippen LogP contribution in [0.25, 0.3) is 21.9 Å². The lowest BCUT2D eigenvalue weighted by atomic mass is 9.77. The largest absolute Gasteiger partial charge is 0.205 e. The van der Waals surface area contributed by atoms with Crippen molar-refractivity contribution in [3.8, 4) is 17.2 Å². The Balaban J connectivity index is 1.56. The summed E-state index contributed by atoms with van der Waals surface area (Å²) in [5, 5.41) is 9.67. The fraction of sp³-hybridized carbons (Fsp3) is 0.346. The Labute approximate surface area is 171 Å². The van der Waals surface area contributed by atoms with E-state index in [0.29, 0.717) is 11.3 Å². The highest BCUT2D eigenvalue weighted by atomic mass is 19.1. The minimum absolute atomic E-state index is 0.271. The summed E-state index contributed by atoms with van der Waals surface area (Å²) in [7, 11) is 0. The smallest absolute Gasteiger partial charge is 0.151 e. The third kappa shape index (κ3) is 3.90. The van der Waals surface area contributed by atoms with Gasteiger partial charge in [-0.3, -0.25) is 0 Å². The number of halogens is 2. The summed E-state index contributed by atoms with van der Waals surface area (Å²) in [6, 6.07) is 16.7. The Morgan fingerprint density at radius 1 is 0.931 bits per heavy atom. The third-order valence-electron chi connectivity index (χ3n) is 6.40. The zero-order valence-electron chi connectivity index (χ0n) is 16.7. The van der Waals surface area contributed by atoms with Crippen LogP contribution in [0.15, 0.2) is 48.5 Å². The van der Waals surface area contributed by atoms with Crippen molar-refractivity contribution in [2.24, 2.45) is 5.92 Å². The molecule has 4 rings (SSSR count). The van der Waals surface area contributed by atoms with Gasteiger partial charge in [0.2, 0.25) is 0 Å². The number of nitrogens with zero attached hydrogens (tertiary/aromatic N) is 1. The van der Waals surface area contributed by atoms with Gasteiger partial charge >= 0.3 is 0 Å². The minimum atomic E-state index is -0.816. The van der Waals surface area contributed by atoms with Gasteiger partial charge in [-0.2, -0.15) is 5.26 Å². The number of fused-ring (bicyclic) bond motifs is 1. The van der Waals surface area contributed by atoms with Crippen LogP contribution in [0, 0.1) is 28.9 Å². The van der Waals surface area contributed by atoms with Crippen LogP contribution in [0.2, 0.25) is 0 Å². The number of hydrogen-bond donors (Lipinski definition) is 0. The van der Waals surface area contributed by atoms with Crippen LogP contribution in [-0.4, -0.2) is 0 Å². The summed E-state index contributed by atoms with van der Waals surface area (Å²) in [5.41, 5.74) is 2.81. The summed E-state index contributed by atoms with van der Waals surface area (Å²) in [5.74, 6) is -0.0661. The molecule has 148 valence electrons. The van der Waals surface area contributed by atoms with Crippen LogP contribution < -0.4 is 0 Å². The Kier molecular flexibility index (Phi) is 5.62. The SMILES string of the molecule is CCCC1CCC(c2ccc(-c3ccc4c(F)c(C#N)c(F)cc4c3)cc2)CC1. The lowest BCUT2D eigenvalue weighted by Gasteiger charge is -2.28. The topological polar surface area (TPSA) is 23.8 Å². The van der Waals surface area contributed by atoms with Crippen LogP contribution in [-0.2, 0) is 0 Å². The molecule has 0 heterocycles. The van der Waals surface area contributed by atoms with Gasteiger partial charge < -0.3 is 0 Å². The predicted octanol–water partition coefficient (Wildman–Crippen LogP) is 7.73. The molecule has 0 N–H and O–H groups in total. The molecule has 0 aromatic heterocycles. The second-order valence-corrected chi connectivity index (χ2v) is 8.22. The van der Waals surface area contributed by atoms with Crippen LogP contribution in [0.5, 0.6) is 0 Å². The molecule has 0 radical (unpaired) electrons. The first-order chi connectivity index (χ1) is 14.1. The van der Waals surface area contributed by atoms with Crippen molar-refractivity contribution in [3.05, 3.63) is 71.3 Å². The van der Waals surface area contributed by atoms with Gasteiger partial charge in [0, 0.05) is 5.39 Å². The lowest BCUT2D eigenvalue weighted by molar-refractivity contribution is 0.308. The molecule has 0 saturated heterocycles. The highest BCUT2D eigenvalue weighted by Gasteiger charge is 2.21. The quantitative estimate of drug-likeness (QED) is 0.448. The number of benzene rings is 3. The van der Waals surface area contributed by atoms with E-state index in [-0.39, 0.29) is 5.39 Å². The van der Waals surface area contributed by atoms with E-state index < -0.39 is 17.2 Å². The standard InChI is InChI=1S/C26H25F2N/c1-2-3-17-4-6-18(7-5-17)19-8-10-20(11-9-19)21-12-13-23-22(14-21)15-25(27)24(16-29)26(23)28/h8-15,17-18H,2-7H2,1H3. The van der Waals surface area contributed by atoms with Gasteiger partial charge in [-0.1, -0.05) is 56.2 Å². The van der Waals surface area contributed by atoms with E-state index in [9.17, 15) is 8.78 Å². The van der Waals surface area contributed by atoms with Crippen molar-refractivity contribution in [2.75, 3.05) is 0 Å². The van der Waals surface area contributed by atoms with Gasteiger partial charge in [0.25, 0.3) is 0 Å². The van der Waals surface area contributed by atoms with Crippen LogP contribution in [0.3, 0.4) is 0 Å². The molecule has 0 atom stereocenters. The minimum Gasteiger partial charge on any atom is -0.205 e. The van der Waals surface area contributed by atoms with E-state index in [0.717, 1.165) is 17.0 Å². The van der Waals surface area contributed by atoms with Crippen molar-refractivity contribution >= 4 is 10.8 Å². The molecule has 3 aromatic carbocycles. The first kappa shape index (κ1) is 19.6. The molecule has 0 bridgehead atoms. The average molecular weight is 389 g/mol. The van der Waals surface area contributed by atoms with Crippen molar-refractivity contribution in [2.45, 2.75) is 51.4 Å². The van der Waals surface area contributed by atoms with Gasteiger partial charge in [0.05, 0.1) is 0 Å². The van der Waals surface area contributed by atoms with Crippen LogP contribution in [0.4, 0.5) is 8.78 Å². The Morgan fingerprint density at radius 3 is 2.28 bits per heavy atom. The van der Waals surface area contributed by atoms with Gasteiger partial charge in [0.1, 0.15) is 17.4 Å². The molecule has 29 heavy (non-hydrogen) atoms. The average Bonchev–Trinajstić information content (AvgIpc) is 2.74. The van der Waals surface area contributed by atoms with E-state index in [1.807, 2.05) is 6.07 Å². The molecule has 3 aromatic rings. The summed E-state index contributed by atoms with van der Waals surface area (Å²) in [6.07, 6.45) is 7.81. The molecule has 3 heteroatoms. The highest BCUT2D eigenvalue weighted by Crippen LogP contribution is 2.38. The van der Waals surface area contributed by atoms with Gasteiger partial charge in [-0.15, -0.1) is 0 Å². The van der Waals surface area contributed by atoms with E-state index in [1.165, 1.54) is 50.2 Å². The van der Waals surface area contributed by atoms with Crippen molar-refractivity contribution < 1.29 is 8.78 Å². The molecule has 0 aliphatic heterocycles. The molecule has 1 aliphatic carbocycles. The first-order valence-corrected chi connectivity index (χ1v) is 10.5. The molecular formula is C26H25F2N. The third-order valence-corrected chi connectivity index (χ3v) is 6.40.